The number of esters is 4. The number of hydrogen-bond acceptors (Lipinski definition) is 9. The van der Waals surface area contributed by atoms with Gasteiger partial charge in [0.25, 0.3) is 0 Å². The Bertz CT molecular complexity index is 1240. The maximum atomic E-state index is 12.0. The van der Waals surface area contributed by atoms with E-state index in [0.29, 0.717) is 16.7 Å². The fourth-order valence-electron chi connectivity index (χ4n) is 5.08. The fourth-order valence-corrected chi connectivity index (χ4v) is 5.08. The van der Waals surface area contributed by atoms with E-state index >= 15 is 0 Å². The molecule has 0 amide bonds. The van der Waals surface area contributed by atoms with Gasteiger partial charge < -0.3 is 23.7 Å². The molecule has 0 unspecified atom stereocenters. The molecule has 246 valence electrons. The van der Waals surface area contributed by atoms with Crippen LogP contribution in [0.4, 0.5) is 0 Å². The SMILES string of the molecule is C1CCOC1.C=Cc1cc(C)cc(C=C)c1C(C(=O)OC)C(=O)OC.CCc1cc(C)cc(CC)c1C(C(=O)OC)C(=O)OC. The van der Waals surface area contributed by atoms with E-state index in [0.717, 1.165) is 53.9 Å². The Labute approximate surface area is 267 Å². The Hall–Kier alpha value is -4.24. The van der Waals surface area contributed by atoms with Gasteiger partial charge in [0.1, 0.15) is 0 Å². The van der Waals surface area contributed by atoms with Crippen molar-refractivity contribution < 1.29 is 42.9 Å². The number of methoxy groups -OCH3 is 4. The number of aryl methyl sites for hydroxylation is 4. The van der Waals surface area contributed by atoms with E-state index in [2.05, 4.69) is 13.2 Å². The average Bonchev–Trinajstić information content (AvgIpc) is 3.65. The van der Waals surface area contributed by atoms with E-state index in [9.17, 15) is 19.2 Å². The van der Waals surface area contributed by atoms with Crippen molar-refractivity contribution in [2.75, 3.05) is 41.7 Å². The number of carbonyl (C=O) groups excluding carboxylic acids is 4. The average molecular weight is 625 g/mol. The van der Waals surface area contributed by atoms with Crippen LogP contribution in [0.5, 0.6) is 0 Å². The van der Waals surface area contributed by atoms with Gasteiger partial charge >= 0.3 is 23.9 Å². The van der Waals surface area contributed by atoms with Crippen LogP contribution in [0.2, 0.25) is 0 Å². The summed E-state index contributed by atoms with van der Waals surface area (Å²) in [4.78, 5) is 47.9. The fraction of sp³-hybridized carbons (Fsp3) is 0.444. The second-order valence-corrected chi connectivity index (χ2v) is 10.2. The van der Waals surface area contributed by atoms with Crippen molar-refractivity contribution in [2.45, 2.75) is 65.2 Å². The minimum absolute atomic E-state index is 0.499. The van der Waals surface area contributed by atoms with Gasteiger partial charge in [-0.1, -0.05) is 69.0 Å². The van der Waals surface area contributed by atoms with Gasteiger partial charge in [-0.15, -0.1) is 0 Å². The van der Waals surface area contributed by atoms with E-state index in [1.54, 1.807) is 12.2 Å². The lowest BCUT2D eigenvalue weighted by atomic mass is 9.86. The minimum Gasteiger partial charge on any atom is -0.468 e. The molecule has 0 aliphatic carbocycles. The first-order chi connectivity index (χ1) is 21.5. The molecule has 2 aromatic rings. The number of rotatable bonds is 10. The molecule has 1 aliphatic rings. The third-order valence-electron chi connectivity index (χ3n) is 7.24. The van der Waals surface area contributed by atoms with Crippen molar-refractivity contribution in [1.29, 1.82) is 0 Å². The highest BCUT2D eigenvalue weighted by Crippen LogP contribution is 2.31. The molecule has 0 atom stereocenters. The van der Waals surface area contributed by atoms with Crippen LogP contribution in [0.3, 0.4) is 0 Å². The molecule has 0 saturated carbocycles. The van der Waals surface area contributed by atoms with E-state index < -0.39 is 35.7 Å². The monoisotopic (exact) mass is 624 g/mol. The van der Waals surface area contributed by atoms with Gasteiger partial charge in [-0.3, -0.25) is 19.2 Å². The first kappa shape index (κ1) is 38.8. The van der Waals surface area contributed by atoms with Crippen molar-refractivity contribution in [2.24, 2.45) is 0 Å². The van der Waals surface area contributed by atoms with Crippen molar-refractivity contribution in [3.05, 3.63) is 81.9 Å². The summed E-state index contributed by atoms with van der Waals surface area (Å²) in [6.45, 7) is 17.4. The van der Waals surface area contributed by atoms with Crippen LogP contribution in [0.1, 0.15) is 83.0 Å². The lowest BCUT2D eigenvalue weighted by molar-refractivity contribution is -0.156. The molecule has 0 bridgehead atoms. The normalized spacial score (nSPS) is 11.8. The summed E-state index contributed by atoms with van der Waals surface area (Å²) in [6.07, 6.45) is 7.23. The predicted octanol–water partition coefficient (Wildman–Crippen LogP) is 6.06. The second kappa shape index (κ2) is 19.9. The molecule has 9 heteroatoms. The Morgan fingerprint density at radius 3 is 1.27 bits per heavy atom. The largest absolute Gasteiger partial charge is 0.468 e. The lowest BCUT2D eigenvalue weighted by Gasteiger charge is -2.20. The van der Waals surface area contributed by atoms with Gasteiger partial charge in [-0.2, -0.15) is 0 Å². The van der Waals surface area contributed by atoms with Gasteiger partial charge in [-0.25, -0.2) is 0 Å². The Morgan fingerprint density at radius 2 is 1.00 bits per heavy atom. The van der Waals surface area contributed by atoms with E-state index in [-0.39, 0.29) is 0 Å². The summed E-state index contributed by atoms with van der Waals surface area (Å²) in [5.41, 5.74) is 6.67. The summed E-state index contributed by atoms with van der Waals surface area (Å²) >= 11 is 0. The summed E-state index contributed by atoms with van der Waals surface area (Å²) in [7, 11) is 5.02. The van der Waals surface area contributed by atoms with Crippen LogP contribution in [0.25, 0.3) is 12.2 Å². The topological polar surface area (TPSA) is 114 Å². The van der Waals surface area contributed by atoms with E-state index in [4.69, 9.17) is 23.7 Å². The quantitative estimate of drug-likeness (QED) is 0.177. The minimum atomic E-state index is -1.15. The molecule has 1 heterocycles. The summed E-state index contributed by atoms with van der Waals surface area (Å²) < 4.78 is 23.9. The van der Waals surface area contributed by atoms with Gasteiger partial charge in [0.2, 0.25) is 0 Å². The Kier molecular flexibility index (Phi) is 17.2. The molecule has 0 spiro atoms. The summed E-state index contributed by atoms with van der Waals surface area (Å²) in [6, 6.07) is 7.70. The molecule has 1 saturated heterocycles. The second-order valence-electron chi connectivity index (χ2n) is 10.2. The molecule has 9 nitrogen and oxygen atoms in total. The molecule has 1 aliphatic heterocycles. The van der Waals surface area contributed by atoms with Crippen LogP contribution in [0, 0.1) is 13.8 Å². The first-order valence-corrected chi connectivity index (χ1v) is 14.9. The third kappa shape index (κ3) is 10.7. The maximum Gasteiger partial charge on any atom is 0.324 e. The van der Waals surface area contributed by atoms with Crippen molar-refractivity contribution in [3.63, 3.8) is 0 Å². The number of benzene rings is 2. The standard InChI is InChI=1S/C16H22O4.C16H18O4.C4H8O/c2*1-6-11-8-10(3)9-12(7-2)13(11)14(15(17)19-4)16(18)20-5;1-2-4-5-3-1/h8-9,14H,6-7H2,1-5H3;6-9,14H,1-2H2,3-5H3;1-4H2. The molecular formula is C36H48O9. The molecule has 0 N–H and O–H groups in total. The molecule has 2 aromatic carbocycles. The van der Waals surface area contributed by atoms with E-state index in [1.807, 2.05) is 52.0 Å². The predicted molar refractivity (Wildman–Crippen MR) is 175 cm³/mol. The van der Waals surface area contributed by atoms with Crippen LogP contribution in [0.15, 0.2) is 37.4 Å². The highest BCUT2D eigenvalue weighted by Gasteiger charge is 2.35. The molecule has 0 aromatic heterocycles. The molecule has 0 radical (unpaired) electrons. The molecule has 1 fully saturated rings. The van der Waals surface area contributed by atoms with Crippen LogP contribution in [-0.2, 0) is 55.7 Å². The van der Waals surface area contributed by atoms with Crippen LogP contribution in [-0.4, -0.2) is 65.5 Å². The van der Waals surface area contributed by atoms with Crippen LogP contribution < -0.4 is 0 Å². The summed E-state index contributed by atoms with van der Waals surface area (Å²) in [5, 5.41) is 0. The third-order valence-corrected chi connectivity index (χ3v) is 7.24. The Morgan fingerprint density at radius 1 is 0.667 bits per heavy atom. The van der Waals surface area contributed by atoms with Gasteiger partial charge in [0, 0.05) is 13.2 Å². The molecule has 3 rings (SSSR count). The van der Waals surface area contributed by atoms with Gasteiger partial charge in [-0.05, 0) is 78.5 Å². The highest BCUT2D eigenvalue weighted by atomic mass is 16.5. The number of hydrogen-bond donors (Lipinski definition) is 0. The smallest absolute Gasteiger partial charge is 0.324 e. The first-order valence-electron chi connectivity index (χ1n) is 14.9. The highest BCUT2D eigenvalue weighted by molar-refractivity contribution is 6.03. The van der Waals surface area contributed by atoms with Gasteiger partial charge in [0.05, 0.1) is 28.4 Å². The zero-order valence-electron chi connectivity index (χ0n) is 27.9. The zero-order chi connectivity index (χ0) is 34.1. The van der Waals surface area contributed by atoms with Crippen molar-refractivity contribution >= 4 is 36.0 Å². The molecular weight excluding hydrogens is 576 g/mol. The van der Waals surface area contributed by atoms with E-state index in [1.165, 1.54) is 41.3 Å². The maximum absolute atomic E-state index is 12.0. The zero-order valence-corrected chi connectivity index (χ0v) is 27.9. The molecule has 45 heavy (non-hydrogen) atoms. The number of carbonyl (C=O) groups is 4. The van der Waals surface area contributed by atoms with Crippen molar-refractivity contribution in [1.82, 2.24) is 0 Å². The lowest BCUT2D eigenvalue weighted by Crippen LogP contribution is -2.26. The number of ether oxygens (including phenoxy) is 5. The summed E-state index contributed by atoms with van der Waals surface area (Å²) in [5.74, 6) is -4.66. The Balaban J connectivity index is 0.000000388. The van der Waals surface area contributed by atoms with Gasteiger partial charge in [0.15, 0.2) is 11.8 Å². The van der Waals surface area contributed by atoms with Crippen molar-refractivity contribution in [3.8, 4) is 0 Å². The van der Waals surface area contributed by atoms with Crippen LogP contribution >= 0.6 is 0 Å².